The van der Waals surface area contributed by atoms with E-state index in [0.29, 0.717) is 6.54 Å². The number of carbonyl (C=O) groups excluding carboxylic acids is 1. The van der Waals surface area contributed by atoms with E-state index in [1.54, 1.807) is 11.0 Å². The van der Waals surface area contributed by atoms with Crippen LogP contribution < -0.4 is 0 Å². The number of carbonyl (C=O) groups is 1. The molecule has 126 valence electrons. The minimum Gasteiger partial charge on any atom is -0.391 e. The van der Waals surface area contributed by atoms with Crippen LogP contribution in [0.5, 0.6) is 0 Å². The molecule has 23 heavy (non-hydrogen) atoms. The van der Waals surface area contributed by atoms with Crippen molar-refractivity contribution < 1.29 is 9.90 Å². The molecule has 0 bridgehead atoms. The molecule has 1 fully saturated rings. The van der Waals surface area contributed by atoms with E-state index in [0.717, 1.165) is 25.9 Å². The Balaban J connectivity index is 1.87. The molecular formula is C19H28N2O2. The van der Waals surface area contributed by atoms with Crippen molar-refractivity contribution in [1.29, 1.82) is 0 Å². The Morgan fingerprint density at radius 2 is 2.22 bits per heavy atom. The molecule has 0 aliphatic carbocycles. The number of amides is 1. The predicted molar refractivity (Wildman–Crippen MR) is 93.3 cm³/mol. The molecule has 1 N–H and O–H groups in total. The number of likely N-dealkylation sites (N-methyl/N-ethyl adjacent to an activating group) is 1. The topological polar surface area (TPSA) is 43.8 Å². The molecule has 0 unspecified atom stereocenters. The fourth-order valence-corrected chi connectivity index (χ4v) is 3.03. The van der Waals surface area contributed by atoms with E-state index in [4.69, 9.17) is 0 Å². The molecule has 0 radical (unpaired) electrons. The number of aryl methyl sites for hydroxylation is 1. The number of likely N-dealkylation sites (tertiary alicyclic amines) is 1. The average Bonchev–Trinajstić information content (AvgIpc) is 2.49. The SMILES string of the molecule is Cc1cccc(C[C@H]2CCN(C(=O)/C=C/CN(C)C)C[C@H]2O)c1. The lowest BCUT2D eigenvalue weighted by Gasteiger charge is -2.35. The van der Waals surface area contributed by atoms with Gasteiger partial charge in [-0.3, -0.25) is 4.79 Å². The average molecular weight is 316 g/mol. The third kappa shape index (κ3) is 5.48. The van der Waals surface area contributed by atoms with Crippen molar-refractivity contribution in [2.75, 3.05) is 33.7 Å². The van der Waals surface area contributed by atoms with Crippen LogP contribution in [0.3, 0.4) is 0 Å². The van der Waals surface area contributed by atoms with Crippen molar-refractivity contribution >= 4 is 5.91 Å². The van der Waals surface area contributed by atoms with Gasteiger partial charge < -0.3 is 14.9 Å². The van der Waals surface area contributed by atoms with Crippen molar-refractivity contribution in [3.05, 3.63) is 47.5 Å². The van der Waals surface area contributed by atoms with Crippen molar-refractivity contribution in [3.8, 4) is 0 Å². The number of hydrogen-bond donors (Lipinski definition) is 1. The number of aliphatic hydroxyl groups excluding tert-OH is 1. The smallest absolute Gasteiger partial charge is 0.246 e. The lowest BCUT2D eigenvalue weighted by Crippen LogP contribution is -2.46. The van der Waals surface area contributed by atoms with Gasteiger partial charge in [-0.2, -0.15) is 0 Å². The van der Waals surface area contributed by atoms with E-state index in [9.17, 15) is 9.90 Å². The predicted octanol–water partition coefficient (Wildman–Crippen LogP) is 1.86. The first-order valence-electron chi connectivity index (χ1n) is 8.29. The molecule has 1 amide bonds. The Bertz CT molecular complexity index is 554. The van der Waals surface area contributed by atoms with Crippen LogP contribution in [0, 0.1) is 12.8 Å². The highest BCUT2D eigenvalue weighted by Gasteiger charge is 2.29. The maximum atomic E-state index is 12.1. The van der Waals surface area contributed by atoms with Gasteiger partial charge in [-0.15, -0.1) is 0 Å². The lowest BCUT2D eigenvalue weighted by atomic mass is 9.87. The molecule has 1 aromatic rings. The van der Waals surface area contributed by atoms with E-state index in [1.807, 2.05) is 25.1 Å². The number of rotatable bonds is 5. The van der Waals surface area contributed by atoms with Crippen LogP contribution >= 0.6 is 0 Å². The quantitative estimate of drug-likeness (QED) is 0.843. The normalized spacial score (nSPS) is 22.0. The third-order valence-electron chi connectivity index (χ3n) is 4.34. The summed E-state index contributed by atoms with van der Waals surface area (Å²) in [6.07, 6.45) is 4.76. The molecular weight excluding hydrogens is 288 g/mol. The minimum absolute atomic E-state index is 0.0000874. The summed E-state index contributed by atoms with van der Waals surface area (Å²) in [6, 6.07) is 8.43. The highest BCUT2D eigenvalue weighted by Crippen LogP contribution is 2.23. The zero-order valence-corrected chi connectivity index (χ0v) is 14.4. The van der Waals surface area contributed by atoms with Crippen LogP contribution in [-0.2, 0) is 11.2 Å². The molecule has 1 aliphatic heterocycles. The number of hydrogen-bond acceptors (Lipinski definition) is 3. The molecule has 1 saturated heterocycles. The van der Waals surface area contributed by atoms with E-state index in [2.05, 4.69) is 31.2 Å². The van der Waals surface area contributed by atoms with Gasteiger partial charge in [-0.05, 0) is 45.3 Å². The Morgan fingerprint density at radius 3 is 2.87 bits per heavy atom. The molecule has 1 aliphatic rings. The maximum Gasteiger partial charge on any atom is 0.246 e. The van der Waals surface area contributed by atoms with Crippen molar-refractivity contribution in [2.45, 2.75) is 25.9 Å². The van der Waals surface area contributed by atoms with Crippen molar-refractivity contribution in [1.82, 2.24) is 9.80 Å². The second-order valence-electron chi connectivity index (χ2n) is 6.76. The van der Waals surface area contributed by atoms with Gasteiger partial charge in [0, 0.05) is 25.7 Å². The number of β-amino-alcohol motifs (C(OH)–C–C–N with tert-alkyl or cyclic N) is 1. The van der Waals surface area contributed by atoms with Crippen LogP contribution in [0.25, 0.3) is 0 Å². The number of aliphatic hydroxyl groups is 1. The Morgan fingerprint density at radius 1 is 1.43 bits per heavy atom. The first-order valence-corrected chi connectivity index (χ1v) is 8.29. The minimum atomic E-state index is -0.449. The highest BCUT2D eigenvalue weighted by atomic mass is 16.3. The summed E-state index contributed by atoms with van der Waals surface area (Å²) >= 11 is 0. The summed E-state index contributed by atoms with van der Waals surface area (Å²) in [5, 5.41) is 10.4. The number of piperidine rings is 1. The van der Waals surface area contributed by atoms with Crippen LogP contribution in [-0.4, -0.2) is 60.6 Å². The second-order valence-corrected chi connectivity index (χ2v) is 6.76. The van der Waals surface area contributed by atoms with Gasteiger partial charge in [-0.1, -0.05) is 35.9 Å². The molecule has 0 saturated carbocycles. The summed E-state index contributed by atoms with van der Waals surface area (Å²) in [7, 11) is 3.94. The Kier molecular flexibility index (Phi) is 6.37. The first kappa shape index (κ1) is 17.7. The van der Waals surface area contributed by atoms with E-state index in [-0.39, 0.29) is 11.8 Å². The van der Waals surface area contributed by atoms with Crippen LogP contribution in [0.15, 0.2) is 36.4 Å². The number of nitrogens with zero attached hydrogens (tertiary/aromatic N) is 2. The van der Waals surface area contributed by atoms with Crippen LogP contribution in [0.2, 0.25) is 0 Å². The number of benzene rings is 1. The third-order valence-corrected chi connectivity index (χ3v) is 4.34. The van der Waals surface area contributed by atoms with Crippen LogP contribution in [0.1, 0.15) is 17.5 Å². The van der Waals surface area contributed by atoms with Gasteiger partial charge in [0.25, 0.3) is 0 Å². The molecule has 0 spiro atoms. The van der Waals surface area contributed by atoms with Crippen molar-refractivity contribution in [2.24, 2.45) is 5.92 Å². The second kappa shape index (κ2) is 8.27. The van der Waals surface area contributed by atoms with Gasteiger partial charge in [0.15, 0.2) is 0 Å². The van der Waals surface area contributed by atoms with Crippen LogP contribution in [0.4, 0.5) is 0 Å². The Hall–Kier alpha value is -1.65. The monoisotopic (exact) mass is 316 g/mol. The fraction of sp³-hybridized carbons (Fsp3) is 0.526. The maximum absolute atomic E-state index is 12.1. The van der Waals surface area contributed by atoms with E-state index >= 15 is 0 Å². The molecule has 0 aromatic heterocycles. The summed E-state index contributed by atoms with van der Waals surface area (Å²) in [6.45, 7) is 3.99. The van der Waals surface area contributed by atoms with Gasteiger partial charge in [-0.25, -0.2) is 0 Å². The molecule has 2 rings (SSSR count). The largest absolute Gasteiger partial charge is 0.391 e. The lowest BCUT2D eigenvalue weighted by molar-refractivity contribution is -0.130. The molecule has 4 nitrogen and oxygen atoms in total. The standard InChI is InChI=1S/C19H28N2O2/c1-15-6-4-7-16(12-15)13-17-9-11-21(14-18(17)22)19(23)8-5-10-20(2)3/h4-8,12,17-18,22H,9-11,13-14H2,1-3H3/b8-5+/t17-,18-/m1/s1. The van der Waals surface area contributed by atoms with Gasteiger partial charge in [0.2, 0.25) is 5.91 Å². The van der Waals surface area contributed by atoms with Gasteiger partial charge in [0.05, 0.1) is 6.10 Å². The summed E-state index contributed by atoms with van der Waals surface area (Å²) in [4.78, 5) is 15.9. The molecule has 1 aromatic carbocycles. The van der Waals surface area contributed by atoms with E-state index < -0.39 is 6.10 Å². The molecule has 1 heterocycles. The summed E-state index contributed by atoms with van der Waals surface area (Å²) in [5.41, 5.74) is 2.51. The van der Waals surface area contributed by atoms with Crippen molar-refractivity contribution in [3.63, 3.8) is 0 Å². The molecule has 2 atom stereocenters. The zero-order valence-electron chi connectivity index (χ0n) is 14.4. The van der Waals surface area contributed by atoms with E-state index in [1.165, 1.54) is 11.1 Å². The summed E-state index contributed by atoms with van der Waals surface area (Å²) in [5.74, 6) is 0.228. The van der Waals surface area contributed by atoms with Gasteiger partial charge in [0.1, 0.15) is 0 Å². The Labute approximate surface area is 139 Å². The first-order chi connectivity index (χ1) is 11.0. The van der Waals surface area contributed by atoms with Gasteiger partial charge >= 0.3 is 0 Å². The molecule has 4 heteroatoms. The summed E-state index contributed by atoms with van der Waals surface area (Å²) < 4.78 is 0. The fourth-order valence-electron chi connectivity index (χ4n) is 3.03. The highest BCUT2D eigenvalue weighted by molar-refractivity contribution is 5.87. The zero-order chi connectivity index (χ0) is 16.8.